The van der Waals surface area contributed by atoms with Gasteiger partial charge in [0.2, 0.25) is 0 Å². The van der Waals surface area contributed by atoms with Crippen LogP contribution in [0.5, 0.6) is 0 Å². The fraction of sp³-hybridized carbons (Fsp3) is 0.333. The van der Waals surface area contributed by atoms with Crippen LogP contribution in [0.1, 0.15) is 6.42 Å². The lowest BCUT2D eigenvalue weighted by atomic mass is 10.5. The molecule has 0 saturated carbocycles. The molecule has 0 aromatic carbocycles. The van der Waals surface area contributed by atoms with Gasteiger partial charge < -0.3 is 4.74 Å². The van der Waals surface area contributed by atoms with Crippen LogP contribution in [0.15, 0.2) is 22.8 Å². The number of ether oxygens (including phenoxy) is 1. The SMILES string of the molecule is O=C(Nc1cccc(Br)n1)OCCCCl. The highest BCUT2D eigenvalue weighted by atomic mass is 79.9. The lowest BCUT2D eigenvalue weighted by Crippen LogP contribution is -2.15. The second-order valence-corrected chi connectivity index (χ2v) is 3.84. The van der Waals surface area contributed by atoms with E-state index < -0.39 is 6.09 Å². The average Bonchev–Trinajstić information content (AvgIpc) is 2.18. The number of rotatable bonds is 4. The highest BCUT2D eigenvalue weighted by Gasteiger charge is 2.03. The summed E-state index contributed by atoms with van der Waals surface area (Å²) in [4.78, 5) is 15.2. The number of halogens is 2. The van der Waals surface area contributed by atoms with Crippen LogP contribution in [0.2, 0.25) is 0 Å². The van der Waals surface area contributed by atoms with Crippen molar-refractivity contribution in [3.8, 4) is 0 Å². The fourth-order valence-electron chi connectivity index (χ4n) is 0.838. The predicted octanol–water partition coefficient (Wildman–Crippen LogP) is 3.02. The van der Waals surface area contributed by atoms with Gasteiger partial charge in [-0.15, -0.1) is 11.6 Å². The van der Waals surface area contributed by atoms with Gasteiger partial charge in [-0.2, -0.15) is 0 Å². The molecule has 82 valence electrons. The maximum Gasteiger partial charge on any atom is 0.412 e. The Morgan fingerprint density at radius 3 is 3.07 bits per heavy atom. The Balaban J connectivity index is 2.37. The summed E-state index contributed by atoms with van der Waals surface area (Å²) in [6, 6.07) is 5.21. The van der Waals surface area contributed by atoms with Crippen molar-refractivity contribution in [1.82, 2.24) is 4.98 Å². The maximum absolute atomic E-state index is 11.2. The van der Waals surface area contributed by atoms with Crippen LogP contribution in [0, 0.1) is 0 Å². The first kappa shape index (κ1) is 12.3. The van der Waals surface area contributed by atoms with Gasteiger partial charge in [-0.3, -0.25) is 5.32 Å². The van der Waals surface area contributed by atoms with Gasteiger partial charge in [-0.25, -0.2) is 9.78 Å². The molecule has 0 fully saturated rings. The molecule has 0 aliphatic carbocycles. The van der Waals surface area contributed by atoms with E-state index in [-0.39, 0.29) is 0 Å². The van der Waals surface area contributed by atoms with E-state index in [2.05, 4.69) is 26.2 Å². The van der Waals surface area contributed by atoms with Crippen LogP contribution in [-0.4, -0.2) is 23.6 Å². The Hall–Kier alpha value is -0.810. The smallest absolute Gasteiger partial charge is 0.412 e. The molecular weight excluding hydrogens is 283 g/mol. The molecule has 1 amide bonds. The van der Waals surface area contributed by atoms with Crippen LogP contribution in [-0.2, 0) is 4.74 Å². The van der Waals surface area contributed by atoms with E-state index in [4.69, 9.17) is 16.3 Å². The Morgan fingerprint density at radius 1 is 1.60 bits per heavy atom. The van der Waals surface area contributed by atoms with Crippen molar-refractivity contribution in [3.63, 3.8) is 0 Å². The second-order valence-electron chi connectivity index (χ2n) is 2.65. The molecule has 0 saturated heterocycles. The van der Waals surface area contributed by atoms with Crippen molar-refractivity contribution in [1.29, 1.82) is 0 Å². The molecule has 6 heteroatoms. The number of nitrogens with one attached hydrogen (secondary N) is 1. The van der Waals surface area contributed by atoms with E-state index in [1.54, 1.807) is 18.2 Å². The van der Waals surface area contributed by atoms with Gasteiger partial charge in [0.05, 0.1) is 6.61 Å². The maximum atomic E-state index is 11.2. The molecule has 0 spiro atoms. The summed E-state index contributed by atoms with van der Waals surface area (Å²) in [6.07, 6.45) is 0.117. The summed E-state index contributed by atoms with van der Waals surface area (Å²) in [5.41, 5.74) is 0. The first-order valence-electron chi connectivity index (χ1n) is 4.34. The molecule has 0 bridgehead atoms. The summed E-state index contributed by atoms with van der Waals surface area (Å²) in [5, 5.41) is 2.50. The number of aromatic nitrogens is 1. The number of anilines is 1. The number of amides is 1. The molecule has 0 radical (unpaired) electrons. The molecule has 1 rings (SSSR count). The van der Waals surface area contributed by atoms with Crippen LogP contribution in [0.3, 0.4) is 0 Å². The third kappa shape index (κ3) is 4.99. The van der Waals surface area contributed by atoms with Crippen molar-refractivity contribution in [2.75, 3.05) is 17.8 Å². The van der Waals surface area contributed by atoms with Gasteiger partial charge in [-0.1, -0.05) is 6.07 Å². The molecular formula is C9H10BrClN2O2. The molecule has 1 heterocycles. The Labute approximate surface area is 101 Å². The van der Waals surface area contributed by atoms with E-state index in [1.807, 2.05) is 0 Å². The van der Waals surface area contributed by atoms with Gasteiger partial charge in [0, 0.05) is 5.88 Å². The fourth-order valence-corrected chi connectivity index (χ4v) is 1.29. The zero-order valence-corrected chi connectivity index (χ0v) is 10.2. The molecule has 1 N–H and O–H groups in total. The largest absolute Gasteiger partial charge is 0.449 e. The predicted molar refractivity (Wildman–Crippen MR) is 62.2 cm³/mol. The summed E-state index contributed by atoms with van der Waals surface area (Å²) < 4.78 is 5.49. The van der Waals surface area contributed by atoms with Crippen LogP contribution in [0.4, 0.5) is 10.6 Å². The number of nitrogens with zero attached hydrogens (tertiary/aromatic N) is 1. The number of hydrogen-bond acceptors (Lipinski definition) is 3. The van der Waals surface area contributed by atoms with Gasteiger partial charge in [0.25, 0.3) is 0 Å². The number of alkyl halides is 1. The van der Waals surface area contributed by atoms with Crippen molar-refractivity contribution < 1.29 is 9.53 Å². The molecule has 0 aliphatic heterocycles. The standard InChI is InChI=1S/C9H10BrClN2O2/c10-7-3-1-4-8(12-7)13-9(14)15-6-2-5-11/h1,3-4H,2,5-6H2,(H,12,13,14). The van der Waals surface area contributed by atoms with Crippen LogP contribution >= 0.6 is 27.5 Å². The van der Waals surface area contributed by atoms with Gasteiger partial charge in [0.1, 0.15) is 10.4 Å². The minimum absolute atomic E-state index is 0.309. The molecule has 1 aromatic rings. The third-order valence-electron chi connectivity index (χ3n) is 1.46. The van der Waals surface area contributed by atoms with Crippen molar-refractivity contribution in [2.24, 2.45) is 0 Å². The third-order valence-corrected chi connectivity index (χ3v) is 2.17. The summed E-state index contributed by atoms with van der Waals surface area (Å²) in [6.45, 7) is 0.309. The molecule has 1 aromatic heterocycles. The van der Waals surface area contributed by atoms with Crippen molar-refractivity contribution in [3.05, 3.63) is 22.8 Å². The molecule has 0 aliphatic rings. The highest BCUT2D eigenvalue weighted by molar-refractivity contribution is 9.10. The molecule has 0 atom stereocenters. The number of pyridine rings is 1. The van der Waals surface area contributed by atoms with Gasteiger partial charge >= 0.3 is 6.09 Å². The van der Waals surface area contributed by atoms with Crippen LogP contribution in [0.25, 0.3) is 0 Å². The van der Waals surface area contributed by atoms with E-state index in [1.165, 1.54) is 0 Å². The van der Waals surface area contributed by atoms with Gasteiger partial charge in [0.15, 0.2) is 0 Å². The molecule has 0 unspecified atom stereocenters. The topological polar surface area (TPSA) is 51.2 Å². The molecule has 15 heavy (non-hydrogen) atoms. The first-order valence-corrected chi connectivity index (χ1v) is 5.67. The van der Waals surface area contributed by atoms with E-state index >= 15 is 0 Å². The zero-order chi connectivity index (χ0) is 11.1. The second kappa shape index (κ2) is 6.63. The van der Waals surface area contributed by atoms with E-state index in [0.717, 1.165) is 0 Å². The molecule has 4 nitrogen and oxygen atoms in total. The number of carbonyl (C=O) groups is 1. The Kier molecular flexibility index (Phi) is 5.42. The monoisotopic (exact) mass is 292 g/mol. The van der Waals surface area contributed by atoms with Crippen molar-refractivity contribution >= 4 is 39.4 Å². The average molecular weight is 294 g/mol. The lowest BCUT2D eigenvalue weighted by molar-refractivity contribution is 0.162. The van der Waals surface area contributed by atoms with E-state index in [0.29, 0.717) is 29.3 Å². The zero-order valence-electron chi connectivity index (χ0n) is 7.87. The Bertz CT molecular complexity index is 336. The summed E-state index contributed by atoms with van der Waals surface area (Å²) >= 11 is 8.63. The highest BCUT2D eigenvalue weighted by Crippen LogP contribution is 2.10. The Morgan fingerprint density at radius 2 is 2.40 bits per heavy atom. The normalized spacial score (nSPS) is 9.73. The van der Waals surface area contributed by atoms with Crippen molar-refractivity contribution in [2.45, 2.75) is 6.42 Å². The van der Waals surface area contributed by atoms with E-state index in [9.17, 15) is 4.79 Å². The quantitative estimate of drug-likeness (QED) is 0.527. The summed E-state index contributed by atoms with van der Waals surface area (Å²) in [5.74, 6) is 0.919. The lowest BCUT2D eigenvalue weighted by Gasteiger charge is -2.05. The minimum atomic E-state index is -0.522. The first-order chi connectivity index (χ1) is 7.22. The number of hydrogen-bond donors (Lipinski definition) is 1. The number of carbonyl (C=O) groups excluding carboxylic acids is 1. The minimum Gasteiger partial charge on any atom is -0.449 e. The van der Waals surface area contributed by atoms with Gasteiger partial charge in [-0.05, 0) is 34.5 Å². The summed E-state index contributed by atoms with van der Waals surface area (Å²) in [7, 11) is 0. The van der Waals surface area contributed by atoms with Crippen LogP contribution < -0.4 is 5.32 Å².